The number of rotatable bonds is 4. The molecule has 1 aliphatic carbocycles. The van der Waals surface area contributed by atoms with E-state index in [1.165, 1.54) is 12.8 Å². The van der Waals surface area contributed by atoms with Crippen LogP contribution in [0, 0.1) is 5.92 Å². The van der Waals surface area contributed by atoms with Crippen LogP contribution in [-0.4, -0.2) is 16.7 Å². The van der Waals surface area contributed by atoms with Crippen LogP contribution in [0.5, 0.6) is 5.88 Å². The molecule has 0 amide bonds. The van der Waals surface area contributed by atoms with Crippen molar-refractivity contribution >= 4 is 0 Å². The smallest absolute Gasteiger partial charge is 0.213 e. The molecule has 13 heavy (non-hydrogen) atoms. The van der Waals surface area contributed by atoms with Crippen LogP contribution in [0.15, 0.2) is 18.3 Å². The molecular formula is C10H13NO2. The second-order valence-electron chi connectivity index (χ2n) is 3.41. The molecule has 1 aromatic rings. The van der Waals surface area contributed by atoms with E-state index in [2.05, 4.69) is 4.98 Å². The van der Waals surface area contributed by atoms with E-state index >= 15 is 0 Å². The van der Waals surface area contributed by atoms with E-state index in [1.807, 2.05) is 0 Å². The van der Waals surface area contributed by atoms with E-state index in [-0.39, 0.29) is 6.61 Å². The maximum Gasteiger partial charge on any atom is 0.213 e. The van der Waals surface area contributed by atoms with E-state index in [9.17, 15) is 0 Å². The zero-order valence-electron chi connectivity index (χ0n) is 7.44. The third-order valence-electron chi connectivity index (χ3n) is 2.15. The molecule has 1 fully saturated rings. The molecule has 1 N–H and O–H groups in total. The summed E-state index contributed by atoms with van der Waals surface area (Å²) in [5.74, 6) is 1.36. The number of nitrogens with zero attached hydrogens (tertiary/aromatic N) is 1. The minimum atomic E-state index is 0.0440. The van der Waals surface area contributed by atoms with Gasteiger partial charge < -0.3 is 9.84 Å². The first-order valence-electron chi connectivity index (χ1n) is 4.57. The highest BCUT2D eigenvalue weighted by molar-refractivity contribution is 5.19. The molecule has 0 saturated heterocycles. The standard InChI is InChI=1S/C10H13NO2/c12-6-9-3-4-11-10(5-9)13-7-8-1-2-8/h3-5,8,12H,1-2,6-7H2. The molecule has 0 bridgehead atoms. The Morgan fingerprint density at radius 3 is 3.08 bits per heavy atom. The summed E-state index contributed by atoms with van der Waals surface area (Å²) in [5, 5.41) is 8.87. The molecule has 0 aliphatic heterocycles. The van der Waals surface area contributed by atoms with Crippen molar-refractivity contribution in [3.8, 4) is 5.88 Å². The van der Waals surface area contributed by atoms with Gasteiger partial charge in [0.15, 0.2) is 0 Å². The summed E-state index contributed by atoms with van der Waals surface area (Å²) in [5.41, 5.74) is 0.848. The highest BCUT2D eigenvalue weighted by atomic mass is 16.5. The minimum absolute atomic E-state index is 0.0440. The lowest BCUT2D eigenvalue weighted by molar-refractivity contribution is 0.273. The Morgan fingerprint density at radius 2 is 2.38 bits per heavy atom. The largest absolute Gasteiger partial charge is 0.477 e. The summed E-state index contributed by atoms with van der Waals surface area (Å²) in [6.45, 7) is 0.810. The van der Waals surface area contributed by atoms with Crippen molar-refractivity contribution in [1.82, 2.24) is 4.98 Å². The summed E-state index contributed by atoms with van der Waals surface area (Å²) in [4.78, 5) is 4.05. The fourth-order valence-corrected chi connectivity index (χ4v) is 1.12. The topological polar surface area (TPSA) is 42.4 Å². The number of ether oxygens (including phenoxy) is 1. The molecular weight excluding hydrogens is 166 g/mol. The molecule has 3 heteroatoms. The fourth-order valence-electron chi connectivity index (χ4n) is 1.12. The van der Waals surface area contributed by atoms with Gasteiger partial charge in [-0.3, -0.25) is 0 Å². The van der Waals surface area contributed by atoms with Crippen LogP contribution < -0.4 is 4.74 Å². The Balaban J connectivity index is 1.93. The number of aromatic nitrogens is 1. The molecule has 0 unspecified atom stereocenters. The van der Waals surface area contributed by atoms with E-state index in [0.717, 1.165) is 18.1 Å². The van der Waals surface area contributed by atoms with E-state index in [1.54, 1.807) is 18.3 Å². The molecule has 0 spiro atoms. The molecule has 1 aliphatic rings. The predicted octanol–water partition coefficient (Wildman–Crippen LogP) is 1.36. The van der Waals surface area contributed by atoms with Gasteiger partial charge in [-0.1, -0.05) is 0 Å². The SMILES string of the molecule is OCc1ccnc(OCC2CC2)c1. The van der Waals surface area contributed by atoms with E-state index in [4.69, 9.17) is 9.84 Å². The normalized spacial score (nSPS) is 15.8. The lowest BCUT2D eigenvalue weighted by atomic mass is 10.3. The minimum Gasteiger partial charge on any atom is -0.477 e. The third-order valence-corrected chi connectivity index (χ3v) is 2.15. The van der Waals surface area contributed by atoms with Gasteiger partial charge in [-0.25, -0.2) is 4.98 Å². The summed E-state index contributed by atoms with van der Waals surface area (Å²) in [7, 11) is 0. The molecule has 0 aromatic carbocycles. The first-order chi connectivity index (χ1) is 6.38. The van der Waals surface area contributed by atoms with Gasteiger partial charge in [-0.05, 0) is 30.4 Å². The van der Waals surface area contributed by atoms with Gasteiger partial charge in [0.05, 0.1) is 13.2 Å². The summed E-state index contributed by atoms with van der Waals surface area (Å²) in [6, 6.07) is 3.56. The van der Waals surface area contributed by atoms with E-state index in [0.29, 0.717) is 5.88 Å². The molecule has 3 nitrogen and oxygen atoms in total. The van der Waals surface area contributed by atoms with Crippen molar-refractivity contribution in [2.24, 2.45) is 5.92 Å². The Morgan fingerprint density at radius 1 is 1.54 bits per heavy atom. The molecule has 1 saturated carbocycles. The van der Waals surface area contributed by atoms with Crippen LogP contribution >= 0.6 is 0 Å². The summed E-state index contributed by atoms with van der Waals surface area (Å²) in [6.07, 6.45) is 4.22. The van der Waals surface area contributed by atoms with Crippen LogP contribution in [0.1, 0.15) is 18.4 Å². The van der Waals surface area contributed by atoms with Crippen molar-refractivity contribution in [1.29, 1.82) is 0 Å². The predicted molar refractivity (Wildman–Crippen MR) is 48.4 cm³/mol. The molecule has 2 rings (SSSR count). The number of hydrogen-bond donors (Lipinski definition) is 1. The Labute approximate surface area is 77.4 Å². The van der Waals surface area contributed by atoms with Gasteiger partial charge in [-0.2, -0.15) is 0 Å². The van der Waals surface area contributed by atoms with Crippen molar-refractivity contribution in [2.45, 2.75) is 19.4 Å². The molecule has 0 radical (unpaired) electrons. The van der Waals surface area contributed by atoms with Crippen LogP contribution in [0.4, 0.5) is 0 Å². The van der Waals surface area contributed by atoms with Gasteiger partial charge in [0, 0.05) is 12.3 Å². The zero-order chi connectivity index (χ0) is 9.10. The lowest BCUT2D eigenvalue weighted by Crippen LogP contribution is -2.00. The lowest BCUT2D eigenvalue weighted by Gasteiger charge is -2.04. The number of aliphatic hydroxyl groups is 1. The monoisotopic (exact) mass is 179 g/mol. The van der Waals surface area contributed by atoms with Crippen LogP contribution in [-0.2, 0) is 6.61 Å². The van der Waals surface area contributed by atoms with Gasteiger partial charge in [0.1, 0.15) is 0 Å². The van der Waals surface area contributed by atoms with Gasteiger partial charge >= 0.3 is 0 Å². The van der Waals surface area contributed by atoms with Crippen molar-refractivity contribution in [3.05, 3.63) is 23.9 Å². The second kappa shape index (κ2) is 3.75. The zero-order valence-corrected chi connectivity index (χ0v) is 7.44. The fraction of sp³-hybridized carbons (Fsp3) is 0.500. The maximum atomic E-state index is 8.87. The Bertz CT molecular complexity index is 284. The second-order valence-corrected chi connectivity index (χ2v) is 3.41. The van der Waals surface area contributed by atoms with Crippen molar-refractivity contribution in [3.63, 3.8) is 0 Å². The summed E-state index contributed by atoms with van der Waals surface area (Å²) >= 11 is 0. The highest BCUT2D eigenvalue weighted by Crippen LogP contribution is 2.29. The van der Waals surface area contributed by atoms with E-state index < -0.39 is 0 Å². The third kappa shape index (κ3) is 2.42. The van der Waals surface area contributed by atoms with Gasteiger partial charge in [-0.15, -0.1) is 0 Å². The first kappa shape index (κ1) is 8.51. The van der Waals surface area contributed by atoms with Crippen LogP contribution in [0.25, 0.3) is 0 Å². The molecule has 0 atom stereocenters. The molecule has 70 valence electrons. The summed E-state index contributed by atoms with van der Waals surface area (Å²) < 4.78 is 5.45. The van der Waals surface area contributed by atoms with Gasteiger partial charge in [0.25, 0.3) is 0 Å². The quantitative estimate of drug-likeness (QED) is 0.758. The van der Waals surface area contributed by atoms with Crippen LogP contribution in [0.3, 0.4) is 0 Å². The van der Waals surface area contributed by atoms with Crippen molar-refractivity contribution < 1.29 is 9.84 Å². The Hall–Kier alpha value is -1.09. The number of aliphatic hydroxyl groups excluding tert-OH is 1. The van der Waals surface area contributed by atoms with Crippen LogP contribution in [0.2, 0.25) is 0 Å². The number of hydrogen-bond acceptors (Lipinski definition) is 3. The molecule has 1 heterocycles. The van der Waals surface area contributed by atoms with Crippen molar-refractivity contribution in [2.75, 3.05) is 6.61 Å². The highest BCUT2D eigenvalue weighted by Gasteiger charge is 2.21. The average molecular weight is 179 g/mol. The maximum absolute atomic E-state index is 8.87. The Kier molecular flexibility index (Phi) is 2.45. The molecule has 1 aromatic heterocycles. The first-order valence-corrected chi connectivity index (χ1v) is 4.57. The van der Waals surface area contributed by atoms with Gasteiger partial charge in [0.2, 0.25) is 5.88 Å². The number of pyridine rings is 1. The average Bonchev–Trinajstić information content (AvgIpc) is 2.99.